The topological polar surface area (TPSA) is 88.9 Å². The lowest BCUT2D eigenvalue weighted by Crippen LogP contribution is -2.48. The van der Waals surface area contributed by atoms with Crippen LogP contribution in [0, 0.1) is 0 Å². The summed E-state index contributed by atoms with van der Waals surface area (Å²) in [6.45, 7) is 7.13. The van der Waals surface area contributed by atoms with Crippen molar-refractivity contribution in [1.29, 1.82) is 0 Å². The molecular formula is C28H37N5O4S. The number of aryl methyl sites for hydroxylation is 1. The molecule has 2 aromatic heterocycles. The van der Waals surface area contributed by atoms with Crippen molar-refractivity contribution in [3.8, 4) is 0 Å². The molecule has 1 saturated heterocycles. The summed E-state index contributed by atoms with van der Waals surface area (Å²) in [5.74, 6) is 0.0412. The highest BCUT2D eigenvalue weighted by Gasteiger charge is 2.35. The Kier molecular flexibility index (Phi) is 7.48. The minimum Gasteiger partial charge on any atom is -0.383 e. The number of carbonyl (C=O) groups is 2. The number of rotatable bonds is 8. The van der Waals surface area contributed by atoms with Gasteiger partial charge < -0.3 is 29.2 Å². The molecule has 204 valence electrons. The van der Waals surface area contributed by atoms with Crippen LogP contribution in [-0.2, 0) is 40.6 Å². The number of anilines is 1. The Morgan fingerprint density at radius 3 is 2.97 bits per heavy atom. The molecule has 2 amide bonds. The second-order valence-electron chi connectivity index (χ2n) is 11.0. The van der Waals surface area contributed by atoms with E-state index in [0.29, 0.717) is 32.8 Å². The normalized spacial score (nSPS) is 18.9. The van der Waals surface area contributed by atoms with Gasteiger partial charge >= 0.3 is 0 Å². The number of carbonyl (C=O) groups excluding carboxylic acids is 2. The predicted octanol–water partition coefficient (Wildman–Crippen LogP) is 2.79. The second kappa shape index (κ2) is 10.7. The van der Waals surface area contributed by atoms with Crippen LogP contribution in [0.25, 0.3) is 10.9 Å². The first-order valence-corrected chi connectivity index (χ1v) is 13.9. The zero-order valence-corrected chi connectivity index (χ0v) is 23.7. The van der Waals surface area contributed by atoms with E-state index < -0.39 is 0 Å². The van der Waals surface area contributed by atoms with E-state index in [0.717, 1.165) is 51.6 Å². The lowest BCUT2D eigenvalue weighted by atomic mass is 9.94. The molecule has 0 spiro atoms. The van der Waals surface area contributed by atoms with Gasteiger partial charge in [0.25, 0.3) is 5.91 Å². The van der Waals surface area contributed by atoms with Gasteiger partial charge in [-0.15, -0.1) is 0 Å². The fraction of sp³-hybridized carbons (Fsp3) is 0.536. The molecule has 5 rings (SSSR count). The zero-order valence-electron chi connectivity index (χ0n) is 22.9. The Balaban J connectivity index is 1.38. The van der Waals surface area contributed by atoms with Gasteiger partial charge in [-0.25, -0.2) is 4.98 Å². The number of thiazole rings is 1. The average Bonchev–Trinajstić information content (AvgIpc) is 3.43. The quantitative estimate of drug-likeness (QED) is 0.474. The maximum absolute atomic E-state index is 12.7. The summed E-state index contributed by atoms with van der Waals surface area (Å²) in [7, 11) is 5.51. The van der Waals surface area contributed by atoms with Crippen LogP contribution in [0.1, 0.15) is 40.3 Å². The molecule has 10 heteroatoms. The molecule has 1 atom stereocenters. The van der Waals surface area contributed by atoms with Crippen molar-refractivity contribution >= 4 is 39.2 Å². The minimum absolute atomic E-state index is 0.0335. The van der Waals surface area contributed by atoms with E-state index in [4.69, 9.17) is 14.5 Å². The fourth-order valence-electron chi connectivity index (χ4n) is 5.37. The molecule has 1 aromatic carbocycles. The van der Waals surface area contributed by atoms with Gasteiger partial charge in [-0.3, -0.25) is 9.59 Å². The third-order valence-corrected chi connectivity index (χ3v) is 8.56. The van der Waals surface area contributed by atoms with E-state index in [-0.39, 0.29) is 23.4 Å². The highest BCUT2D eigenvalue weighted by molar-refractivity contribution is 7.17. The number of benzene rings is 1. The summed E-state index contributed by atoms with van der Waals surface area (Å²) >= 11 is 1.48. The molecule has 9 nitrogen and oxygen atoms in total. The Morgan fingerprint density at radius 1 is 1.37 bits per heavy atom. The van der Waals surface area contributed by atoms with E-state index in [1.807, 2.05) is 27.0 Å². The lowest BCUT2D eigenvalue weighted by Gasteiger charge is -2.35. The molecule has 0 saturated carbocycles. The van der Waals surface area contributed by atoms with Crippen molar-refractivity contribution < 1.29 is 19.1 Å². The lowest BCUT2D eigenvalue weighted by molar-refractivity contribution is -0.129. The average molecular weight is 540 g/mol. The summed E-state index contributed by atoms with van der Waals surface area (Å²) in [4.78, 5) is 35.1. The van der Waals surface area contributed by atoms with Gasteiger partial charge in [-0.1, -0.05) is 17.4 Å². The van der Waals surface area contributed by atoms with Gasteiger partial charge in [0.2, 0.25) is 5.91 Å². The zero-order chi connectivity index (χ0) is 27.0. The molecule has 0 aliphatic carbocycles. The van der Waals surface area contributed by atoms with Gasteiger partial charge in [-0.2, -0.15) is 0 Å². The number of nitrogens with one attached hydrogen (secondary N) is 1. The molecule has 4 heterocycles. The SMILES string of the molecule is COCCN(C)C(=O)Cc1ccc2c(c1)c(C[C@H]1COCCN1c1nc3c(s1)C(=O)NC(C)(C)C3)cn2C. The minimum atomic E-state index is -0.291. The summed E-state index contributed by atoms with van der Waals surface area (Å²) in [6.07, 6.45) is 4.04. The Morgan fingerprint density at radius 2 is 2.18 bits per heavy atom. The van der Waals surface area contributed by atoms with Crippen molar-refractivity contribution in [3.63, 3.8) is 0 Å². The number of amides is 2. The van der Waals surface area contributed by atoms with Gasteiger partial charge in [0, 0.05) is 63.4 Å². The highest BCUT2D eigenvalue weighted by atomic mass is 32.1. The molecule has 1 fully saturated rings. The standard InChI is InChI=1S/C28H37N5O4S/c1-28(2)15-22-25(26(35)30-28)38-27(29-22)33-9-11-37-17-20(33)14-19-16-32(4)23-7-6-18(12-21(19)23)13-24(34)31(3)8-10-36-5/h6-7,12,16,20H,8-11,13-15,17H2,1-5H3,(H,30,35)/t20-/m0/s1. The summed E-state index contributed by atoms with van der Waals surface area (Å²) in [5, 5.41) is 5.14. The Bertz CT molecular complexity index is 1350. The first-order valence-electron chi connectivity index (χ1n) is 13.1. The number of hydrogen-bond acceptors (Lipinski definition) is 7. The number of ether oxygens (including phenoxy) is 2. The summed E-state index contributed by atoms with van der Waals surface area (Å²) in [5.41, 5.74) is 3.94. The van der Waals surface area contributed by atoms with Crippen LogP contribution in [0.15, 0.2) is 24.4 Å². The third-order valence-electron chi connectivity index (χ3n) is 7.43. The number of morpholine rings is 1. The molecule has 0 unspecified atom stereocenters. The van der Waals surface area contributed by atoms with Crippen LogP contribution in [0.2, 0.25) is 0 Å². The number of methoxy groups -OCH3 is 1. The molecule has 38 heavy (non-hydrogen) atoms. The van der Waals surface area contributed by atoms with Gasteiger partial charge in [0.15, 0.2) is 5.13 Å². The Labute approximate surface area is 227 Å². The summed E-state index contributed by atoms with van der Waals surface area (Å²) < 4.78 is 13.2. The molecule has 2 aliphatic rings. The number of likely N-dealkylation sites (N-methyl/N-ethyl adjacent to an activating group) is 1. The number of aromatic nitrogens is 2. The van der Waals surface area contributed by atoms with Crippen molar-refractivity contribution in [3.05, 3.63) is 46.1 Å². The van der Waals surface area contributed by atoms with Gasteiger partial charge in [0.1, 0.15) is 4.88 Å². The molecular weight excluding hydrogens is 502 g/mol. The number of hydrogen-bond donors (Lipinski definition) is 1. The van der Waals surface area contributed by atoms with Gasteiger partial charge in [-0.05, 0) is 43.5 Å². The maximum Gasteiger partial charge on any atom is 0.263 e. The monoisotopic (exact) mass is 539 g/mol. The van der Waals surface area contributed by atoms with E-state index in [9.17, 15) is 9.59 Å². The molecule has 3 aromatic rings. The molecule has 1 N–H and O–H groups in total. The van der Waals surface area contributed by atoms with Crippen molar-refractivity contribution in [2.45, 2.75) is 44.7 Å². The smallest absolute Gasteiger partial charge is 0.263 e. The van der Waals surface area contributed by atoms with E-state index >= 15 is 0 Å². The Hall–Kier alpha value is -2.95. The first kappa shape index (κ1) is 26.6. The van der Waals surface area contributed by atoms with Crippen molar-refractivity contribution in [2.75, 3.05) is 52.0 Å². The van der Waals surface area contributed by atoms with Crippen LogP contribution < -0.4 is 10.2 Å². The van der Waals surface area contributed by atoms with Crippen LogP contribution in [-0.4, -0.2) is 84.9 Å². The first-order chi connectivity index (χ1) is 18.1. The summed E-state index contributed by atoms with van der Waals surface area (Å²) in [6, 6.07) is 6.39. The van der Waals surface area contributed by atoms with Crippen molar-refractivity contribution in [1.82, 2.24) is 19.8 Å². The van der Waals surface area contributed by atoms with E-state index in [1.54, 1.807) is 12.0 Å². The molecule has 0 bridgehead atoms. The van der Waals surface area contributed by atoms with Crippen molar-refractivity contribution in [2.24, 2.45) is 7.05 Å². The van der Waals surface area contributed by atoms with Crippen LogP contribution >= 0.6 is 11.3 Å². The van der Waals surface area contributed by atoms with E-state index in [2.05, 4.69) is 40.2 Å². The highest BCUT2D eigenvalue weighted by Crippen LogP contribution is 2.35. The predicted molar refractivity (Wildman–Crippen MR) is 149 cm³/mol. The van der Waals surface area contributed by atoms with E-state index in [1.165, 1.54) is 16.9 Å². The largest absolute Gasteiger partial charge is 0.383 e. The third kappa shape index (κ3) is 5.43. The van der Waals surface area contributed by atoms with Gasteiger partial charge in [0.05, 0.1) is 38.0 Å². The maximum atomic E-state index is 12.7. The fourth-order valence-corrected chi connectivity index (χ4v) is 6.45. The molecule has 2 aliphatic heterocycles. The van der Waals surface area contributed by atoms with Crippen LogP contribution in [0.5, 0.6) is 0 Å². The second-order valence-corrected chi connectivity index (χ2v) is 12.0. The number of fused-ring (bicyclic) bond motifs is 2. The van der Waals surface area contributed by atoms with Crippen LogP contribution in [0.4, 0.5) is 5.13 Å². The number of nitrogens with zero attached hydrogens (tertiary/aromatic N) is 4. The van der Waals surface area contributed by atoms with Crippen LogP contribution in [0.3, 0.4) is 0 Å². The molecule has 0 radical (unpaired) electrons.